The van der Waals surface area contributed by atoms with Gasteiger partial charge in [-0.2, -0.15) is 0 Å². The van der Waals surface area contributed by atoms with E-state index in [9.17, 15) is 0 Å². The van der Waals surface area contributed by atoms with Gasteiger partial charge in [-0.1, -0.05) is 243 Å². The Morgan fingerprint density at radius 2 is 0.489 bits per heavy atom. The lowest BCUT2D eigenvalue weighted by Gasteiger charge is -2.44. The fourth-order valence-electron chi connectivity index (χ4n) is 15.7. The number of benzene rings is 11. The second-order valence-corrected chi connectivity index (χ2v) is 30.0. The average Bonchev–Trinajstić information content (AvgIpc) is 0.748. The van der Waals surface area contributed by atoms with E-state index in [1.807, 2.05) is 0 Å². The lowest BCUT2D eigenvalue weighted by atomic mass is 9.71. The number of rotatable bonds is 6. The zero-order valence-electron chi connectivity index (χ0n) is 54.9. The summed E-state index contributed by atoms with van der Waals surface area (Å²) < 4.78 is 0. The number of para-hydroxylation sites is 4. The van der Waals surface area contributed by atoms with Gasteiger partial charge in [0.15, 0.2) is 0 Å². The molecule has 0 saturated carbocycles. The van der Waals surface area contributed by atoms with Crippen LogP contribution in [0.5, 0.6) is 0 Å². The van der Waals surface area contributed by atoms with E-state index in [1.54, 1.807) is 0 Å². The maximum atomic E-state index is 2.54. The summed E-state index contributed by atoms with van der Waals surface area (Å²) in [5.41, 5.74) is 31.3. The number of anilines is 12. The van der Waals surface area contributed by atoms with E-state index in [4.69, 9.17) is 0 Å². The van der Waals surface area contributed by atoms with Crippen LogP contribution in [0, 0.1) is 0 Å². The van der Waals surface area contributed by atoms with Gasteiger partial charge >= 0.3 is 0 Å². The van der Waals surface area contributed by atoms with Gasteiger partial charge in [-0.25, -0.2) is 0 Å². The molecule has 0 spiro atoms. The highest BCUT2D eigenvalue weighted by molar-refractivity contribution is 5.95. The Morgan fingerprint density at radius 3 is 0.900 bits per heavy atom. The molecular weight excluding hydrogens is 1090 g/mol. The number of hydrogen-bond donors (Lipinski definition) is 0. The minimum Gasteiger partial charge on any atom is -0.310 e. The standard InChI is InChI=1S/C86H82N4/c1-81(2,3)59-42-46-78-71(52-59)85(11,12)68-35-18-21-38-75(68)88(78)63-30-25-31-64(54-63)89-77-45-41-57(50-70(77)86(13,14)72-53-60(82(4,5)6)43-47-79(72)89)58-40-44-69-80(51-58)90(76-39-22-17-34-67(76)84(69,9)10)62-29-24-27-56(49-62)55-26-23-28-61(48-55)87-73-36-19-15-32-65(73)83(7,8)66-33-16-20-37-74(66)87/h15-54H,1-14H3. The molecule has 0 unspecified atom stereocenters. The topological polar surface area (TPSA) is 13.0 Å². The fourth-order valence-corrected chi connectivity index (χ4v) is 15.7. The highest BCUT2D eigenvalue weighted by atomic mass is 15.2. The van der Waals surface area contributed by atoms with Gasteiger partial charge in [0.05, 0.1) is 45.5 Å². The summed E-state index contributed by atoms with van der Waals surface area (Å²) in [4.78, 5) is 10.0. The van der Waals surface area contributed by atoms with Gasteiger partial charge in [-0.3, -0.25) is 0 Å². The molecule has 0 N–H and O–H groups in total. The fraction of sp³-hybridized carbons (Fsp3) is 0.233. The van der Waals surface area contributed by atoms with E-state index in [0.717, 1.165) is 22.7 Å². The molecule has 4 aliphatic rings. The van der Waals surface area contributed by atoms with Crippen molar-refractivity contribution in [2.45, 2.75) is 129 Å². The summed E-state index contributed by atoms with van der Waals surface area (Å²) in [5.74, 6) is 0. The first-order valence-electron chi connectivity index (χ1n) is 32.4. The van der Waals surface area contributed by atoms with E-state index < -0.39 is 0 Å². The van der Waals surface area contributed by atoms with Crippen LogP contribution in [0.25, 0.3) is 22.3 Å². The predicted molar refractivity (Wildman–Crippen MR) is 382 cm³/mol. The van der Waals surface area contributed by atoms with E-state index >= 15 is 0 Å². The van der Waals surface area contributed by atoms with Crippen LogP contribution < -0.4 is 19.6 Å². The van der Waals surface area contributed by atoms with Crippen LogP contribution in [0.4, 0.5) is 68.2 Å². The quantitative estimate of drug-likeness (QED) is 0.164. The molecule has 11 aromatic rings. The Hall–Kier alpha value is -9.38. The van der Waals surface area contributed by atoms with Crippen LogP contribution in [0.2, 0.25) is 0 Å². The zero-order chi connectivity index (χ0) is 62.6. The van der Waals surface area contributed by atoms with Crippen molar-refractivity contribution < 1.29 is 0 Å². The summed E-state index contributed by atoms with van der Waals surface area (Å²) >= 11 is 0. The number of nitrogens with zero attached hydrogens (tertiary/aromatic N) is 4. The lowest BCUT2D eigenvalue weighted by molar-refractivity contribution is 0.580. The van der Waals surface area contributed by atoms with Crippen molar-refractivity contribution in [3.05, 3.63) is 298 Å². The summed E-state index contributed by atoms with van der Waals surface area (Å²) in [7, 11) is 0. The molecule has 4 nitrogen and oxygen atoms in total. The van der Waals surface area contributed by atoms with Crippen LogP contribution in [0.15, 0.2) is 243 Å². The van der Waals surface area contributed by atoms with Crippen molar-refractivity contribution in [1.29, 1.82) is 0 Å². The Morgan fingerprint density at radius 1 is 0.211 bits per heavy atom. The highest BCUT2D eigenvalue weighted by Crippen LogP contribution is 2.59. The molecule has 15 rings (SSSR count). The zero-order valence-corrected chi connectivity index (χ0v) is 54.9. The third-order valence-electron chi connectivity index (χ3n) is 20.9. The molecule has 90 heavy (non-hydrogen) atoms. The molecule has 0 aromatic heterocycles. The lowest BCUT2D eigenvalue weighted by Crippen LogP contribution is -2.32. The first kappa shape index (κ1) is 57.1. The maximum Gasteiger partial charge on any atom is 0.0508 e. The van der Waals surface area contributed by atoms with Gasteiger partial charge in [0, 0.05) is 44.4 Å². The molecule has 4 aliphatic heterocycles. The first-order chi connectivity index (χ1) is 42.9. The molecule has 0 fully saturated rings. The van der Waals surface area contributed by atoms with Gasteiger partial charge in [0.25, 0.3) is 0 Å². The van der Waals surface area contributed by atoms with Crippen molar-refractivity contribution in [2.75, 3.05) is 19.6 Å². The molecule has 4 heteroatoms. The molecule has 0 amide bonds. The van der Waals surface area contributed by atoms with Gasteiger partial charge < -0.3 is 19.6 Å². The second kappa shape index (κ2) is 20.1. The molecular formula is C86H82N4. The van der Waals surface area contributed by atoms with Crippen LogP contribution in [0.1, 0.15) is 153 Å². The Labute approximate surface area is 534 Å². The van der Waals surface area contributed by atoms with Crippen molar-refractivity contribution in [3.63, 3.8) is 0 Å². The van der Waals surface area contributed by atoms with Crippen molar-refractivity contribution in [2.24, 2.45) is 0 Å². The van der Waals surface area contributed by atoms with Crippen LogP contribution in [-0.2, 0) is 32.5 Å². The van der Waals surface area contributed by atoms with Gasteiger partial charge in [0.1, 0.15) is 0 Å². The smallest absolute Gasteiger partial charge is 0.0508 e. The molecule has 0 atom stereocenters. The van der Waals surface area contributed by atoms with Crippen LogP contribution >= 0.6 is 0 Å². The van der Waals surface area contributed by atoms with Crippen molar-refractivity contribution >= 4 is 68.2 Å². The van der Waals surface area contributed by atoms with Gasteiger partial charge in [0.2, 0.25) is 0 Å². The monoisotopic (exact) mass is 1170 g/mol. The summed E-state index contributed by atoms with van der Waals surface area (Å²) in [6.45, 7) is 33.1. The Kier molecular flexibility index (Phi) is 12.7. The molecule has 4 heterocycles. The third-order valence-corrected chi connectivity index (χ3v) is 20.9. The first-order valence-corrected chi connectivity index (χ1v) is 32.4. The maximum absolute atomic E-state index is 2.54. The van der Waals surface area contributed by atoms with Gasteiger partial charge in [-0.05, 0) is 186 Å². The second-order valence-electron chi connectivity index (χ2n) is 30.0. The minimum absolute atomic E-state index is 0.0165. The third kappa shape index (κ3) is 8.75. The van der Waals surface area contributed by atoms with E-state index in [1.165, 1.54) is 123 Å². The molecule has 0 aliphatic carbocycles. The summed E-state index contributed by atoms with van der Waals surface area (Å²) in [6.07, 6.45) is 0. The SMILES string of the molecule is CC(C)(C)c1ccc2c(c1)C(C)(C)c1ccccc1N2c1cccc(N2c3ccc(-c4ccc5c(c4)N(c4cccc(-c6cccc(N7c8ccccc8C(C)(C)c8ccccc87)c6)c4)c4ccccc4C5(C)C)cc3C(C)(C)c3cc(C(C)(C)C)ccc32)c1. The van der Waals surface area contributed by atoms with E-state index in [2.05, 4.69) is 359 Å². The Bertz CT molecular complexity index is 4680. The largest absolute Gasteiger partial charge is 0.310 e. The number of hydrogen-bond acceptors (Lipinski definition) is 4. The van der Waals surface area contributed by atoms with Crippen molar-refractivity contribution in [3.8, 4) is 22.3 Å². The summed E-state index contributed by atoms with van der Waals surface area (Å²) in [6, 6.07) is 92.4. The van der Waals surface area contributed by atoms with Gasteiger partial charge in [-0.15, -0.1) is 0 Å². The number of fused-ring (bicyclic) bond motifs is 8. The minimum atomic E-state index is -0.340. The Balaban J connectivity index is 0.848. The van der Waals surface area contributed by atoms with Crippen LogP contribution in [-0.4, -0.2) is 0 Å². The predicted octanol–water partition coefficient (Wildman–Crippen LogP) is 24.1. The highest BCUT2D eigenvalue weighted by Gasteiger charge is 2.43. The molecule has 11 aromatic carbocycles. The normalized spacial score (nSPS) is 16.2. The van der Waals surface area contributed by atoms with Crippen LogP contribution in [0.3, 0.4) is 0 Å². The molecule has 446 valence electrons. The molecule has 0 radical (unpaired) electrons. The summed E-state index contributed by atoms with van der Waals surface area (Å²) in [5, 5.41) is 0. The van der Waals surface area contributed by atoms with E-state index in [0.29, 0.717) is 0 Å². The molecule has 0 bridgehead atoms. The van der Waals surface area contributed by atoms with E-state index in [-0.39, 0.29) is 32.5 Å². The van der Waals surface area contributed by atoms with Crippen molar-refractivity contribution in [1.82, 2.24) is 0 Å². The molecule has 0 saturated heterocycles. The average molecular weight is 1170 g/mol.